The molecule has 3 rings (SSSR count). The van der Waals surface area contributed by atoms with E-state index in [1.807, 2.05) is 24.3 Å². The molecule has 0 radical (unpaired) electrons. The Hall–Kier alpha value is -2.34. The lowest BCUT2D eigenvalue weighted by atomic mass is 10.2. The van der Waals surface area contributed by atoms with Crippen molar-refractivity contribution >= 4 is 27.8 Å². The highest BCUT2D eigenvalue weighted by Crippen LogP contribution is 2.26. The molecular weight excluding hydrogens is 254 g/mol. The SMILES string of the molecule is NCCCCOn1cnc2c(N)nc3ccccc3c21. The van der Waals surface area contributed by atoms with Crippen molar-refractivity contribution in [3.63, 3.8) is 0 Å². The molecule has 0 aliphatic heterocycles. The van der Waals surface area contributed by atoms with Crippen molar-refractivity contribution < 1.29 is 4.84 Å². The number of pyridine rings is 1. The van der Waals surface area contributed by atoms with Crippen molar-refractivity contribution in [2.45, 2.75) is 12.8 Å². The number of nitrogens with zero attached hydrogens (tertiary/aromatic N) is 3. The highest BCUT2D eigenvalue weighted by molar-refractivity contribution is 6.06. The van der Waals surface area contributed by atoms with E-state index >= 15 is 0 Å². The fourth-order valence-corrected chi connectivity index (χ4v) is 2.23. The maximum Gasteiger partial charge on any atom is 0.152 e. The summed E-state index contributed by atoms with van der Waals surface area (Å²) < 4.78 is 1.67. The Morgan fingerprint density at radius 1 is 1.20 bits per heavy atom. The Balaban J connectivity index is 2.05. The number of rotatable bonds is 5. The van der Waals surface area contributed by atoms with Crippen LogP contribution in [0.25, 0.3) is 21.9 Å². The van der Waals surface area contributed by atoms with Crippen molar-refractivity contribution in [2.24, 2.45) is 5.73 Å². The van der Waals surface area contributed by atoms with Gasteiger partial charge in [-0.2, -0.15) is 4.73 Å². The second-order valence-corrected chi connectivity index (χ2v) is 4.61. The van der Waals surface area contributed by atoms with Gasteiger partial charge in [-0.05, 0) is 25.5 Å². The number of hydrogen-bond acceptors (Lipinski definition) is 5. The zero-order valence-electron chi connectivity index (χ0n) is 11.1. The summed E-state index contributed by atoms with van der Waals surface area (Å²) in [5.74, 6) is 0.419. The highest BCUT2D eigenvalue weighted by Gasteiger charge is 2.12. The predicted molar refractivity (Wildman–Crippen MR) is 79.2 cm³/mol. The van der Waals surface area contributed by atoms with Gasteiger partial charge in [0.25, 0.3) is 0 Å². The van der Waals surface area contributed by atoms with Gasteiger partial charge >= 0.3 is 0 Å². The monoisotopic (exact) mass is 271 g/mol. The molecule has 4 N–H and O–H groups in total. The molecule has 3 aromatic rings. The Kier molecular flexibility index (Phi) is 3.39. The van der Waals surface area contributed by atoms with Gasteiger partial charge in [0, 0.05) is 5.39 Å². The minimum Gasteiger partial charge on any atom is -0.412 e. The van der Waals surface area contributed by atoms with E-state index in [4.69, 9.17) is 16.3 Å². The lowest BCUT2D eigenvalue weighted by molar-refractivity contribution is 0.116. The third kappa shape index (κ3) is 2.14. The first-order valence-electron chi connectivity index (χ1n) is 6.66. The van der Waals surface area contributed by atoms with Crippen LogP contribution >= 0.6 is 0 Å². The molecular formula is C14H17N5O. The van der Waals surface area contributed by atoms with Crippen LogP contribution in [0.15, 0.2) is 30.6 Å². The molecule has 0 fully saturated rings. The van der Waals surface area contributed by atoms with Crippen LogP contribution in [0.4, 0.5) is 5.82 Å². The molecule has 0 aliphatic carbocycles. The summed E-state index contributed by atoms with van der Waals surface area (Å²) in [6.07, 6.45) is 3.49. The molecule has 0 bridgehead atoms. The molecule has 6 heteroatoms. The summed E-state index contributed by atoms with van der Waals surface area (Å²) in [6, 6.07) is 7.82. The van der Waals surface area contributed by atoms with Gasteiger partial charge in [0.2, 0.25) is 0 Å². The molecule has 0 amide bonds. The quantitative estimate of drug-likeness (QED) is 0.683. The molecule has 20 heavy (non-hydrogen) atoms. The summed E-state index contributed by atoms with van der Waals surface area (Å²) in [5.41, 5.74) is 13.8. The summed E-state index contributed by atoms with van der Waals surface area (Å²) in [6.45, 7) is 1.27. The first-order chi connectivity index (χ1) is 9.81. The van der Waals surface area contributed by atoms with Gasteiger partial charge in [-0.25, -0.2) is 9.97 Å². The standard InChI is InChI=1S/C14H17N5O/c15-7-3-4-8-20-19-9-17-12-13(19)10-5-1-2-6-11(10)18-14(12)16/h1-2,5-6,9H,3-4,7-8,15H2,(H2,16,18). The number of hydrogen-bond donors (Lipinski definition) is 2. The number of unbranched alkanes of at least 4 members (excludes halogenated alkanes) is 1. The van der Waals surface area contributed by atoms with E-state index in [1.165, 1.54) is 0 Å². The number of benzene rings is 1. The van der Waals surface area contributed by atoms with Crippen LogP contribution in [0.2, 0.25) is 0 Å². The third-order valence-corrected chi connectivity index (χ3v) is 3.21. The van der Waals surface area contributed by atoms with E-state index in [-0.39, 0.29) is 0 Å². The van der Waals surface area contributed by atoms with Gasteiger partial charge in [-0.1, -0.05) is 18.2 Å². The second-order valence-electron chi connectivity index (χ2n) is 4.61. The van der Waals surface area contributed by atoms with Crippen molar-refractivity contribution in [3.05, 3.63) is 30.6 Å². The molecule has 1 aromatic carbocycles. The normalized spacial score (nSPS) is 11.2. The van der Waals surface area contributed by atoms with Gasteiger partial charge in [-0.3, -0.25) is 0 Å². The summed E-state index contributed by atoms with van der Waals surface area (Å²) >= 11 is 0. The van der Waals surface area contributed by atoms with Gasteiger partial charge in [0.1, 0.15) is 24.0 Å². The van der Waals surface area contributed by atoms with Gasteiger partial charge in [0.05, 0.1) is 5.52 Å². The zero-order chi connectivity index (χ0) is 13.9. The second kappa shape index (κ2) is 5.34. The van der Waals surface area contributed by atoms with Crippen LogP contribution in [-0.2, 0) is 0 Å². The molecule has 2 heterocycles. The van der Waals surface area contributed by atoms with Crippen LogP contribution in [-0.4, -0.2) is 27.9 Å². The van der Waals surface area contributed by atoms with Crippen molar-refractivity contribution in [2.75, 3.05) is 18.9 Å². The zero-order valence-corrected chi connectivity index (χ0v) is 11.1. The first kappa shape index (κ1) is 12.7. The van der Waals surface area contributed by atoms with Crippen molar-refractivity contribution in [1.82, 2.24) is 14.7 Å². The fraction of sp³-hybridized carbons (Fsp3) is 0.286. The van der Waals surface area contributed by atoms with E-state index in [2.05, 4.69) is 9.97 Å². The van der Waals surface area contributed by atoms with Crippen LogP contribution in [0.3, 0.4) is 0 Å². The Morgan fingerprint density at radius 3 is 2.90 bits per heavy atom. The summed E-state index contributed by atoms with van der Waals surface area (Å²) in [4.78, 5) is 14.4. The maximum absolute atomic E-state index is 5.95. The molecule has 0 atom stereocenters. The van der Waals surface area contributed by atoms with Gasteiger partial charge < -0.3 is 16.3 Å². The van der Waals surface area contributed by atoms with Crippen molar-refractivity contribution in [1.29, 1.82) is 0 Å². The fourth-order valence-electron chi connectivity index (χ4n) is 2.23. The minimum absolute atomic E-state index is 0.419. The van der Waals surface area contributed by atoms with Crippen LogP contribution < -0.4 is 16.3 Å². The summed E-state index contributed by atoms with van der Waals surface area (Å²) in [7, 11) is 0. The number of imidazole rings is 1. The molecule has 0 aliphatic rings. The number of nitrogen functional groups attached to an aromatic ring is 1. The van der Waals surface area contributed by atoms with Crippen LogP contribution in [0.5, 0.6) is 0 Å². The number of fused-ring (bicyclic) bond motifs is 3. The molecule has 104 valence electrons. The lowest BCUT2D eigenvalue weighted by Crippen LogP contribution is -2.13. The maximum atomic E-state index is 5.95. The number of para-hydroxylation sites is 1. The van der Waals surface area contributed by atoms with Crippen LogP contribution in [0.1, 0.15) is 12.8 Å². The molecule has 0 saturated carbocycles. The molecule has 0 spiro atoms. The number of anilines is 1. The van der Waals surface area contributed by atoms with Gasteiger partial charge in [-0.15, -0.1) is 0 Å². The van der Waals surface area contributed by atoms with E-state index in [0.717, 1.165) is 29.3 Å². The largest absolute Gasteiger partial charge is 0.412 e. The average molecular weight is 271 g/mol. The van der Waals surface area contributed by atoms with E-state index in [1.54, 1.807) is 11.1 Å². The third-order valence-electron chi connectivity index (χ3n) is 3.21. The molecule has 0 unspecified atom stereocenters. The van der Waals surface area contributed by atoms with Crippen LogP contribution in [0, 0.1) is 0 Å². The topological polar surface area (TPSA) is 92.0 Å². The number of aromatic nitrogens is 3. The molecule has 6 nitrogen and oxygen atoms in total. The minimum atomic E-state index is 0.419. The Labute approximate surface area is 116 Å². The summed E-state index contributed by atoms with van der Waals surface area (Å²) in [5, 5.41) is 0.980. The van der Waals surface area contributed by atoms with Gasteiger partial charge in [0.15, 0.2) is 5.82 Å². The Bertz CT molecular complexity index is 737. The van der Waals surface area contributed by atoms with E-state index < -0.39 is 0 Å². The molecule has 2 aromatic heterocycles. The smallest absolute Gasteiger partial charge is 0.152 e. The molecule has 0 saturated heterocycles. The highest BCUT2D eigenvalue weighted by atomic mass is 16.7. The van der Waals surface area contributed by atoms with E-state index in [0.29, 0.717) is 24.5 Å². The number of nitrogens with two attached hydrogens (primary N) is 2. The lowest BCUT2D eigenvalue weighted by Gasteiger charge is -2.09. The average Bonchev–Trinajstić information content (AvgIpc) is 2.89. The predicted octanol–water partition coefficient (Wildman–Crippen LogP) is 1.33. The van der Waals surface area contributed by atoms with E-state index in [9.17, 15) is 0 Å². The first-order valence-corrected chi connectivity index (χ1v) is 6.66. The Morgan fingerprint density at radius 2 is 2.05 bits per heavy atom. The van der Waals surface area contributed by atoms with Crippen molar-refractivity contribution in [3.8, 4) is 0 Å².